The van der Waals surface area contributed by atoms with Gasteiger partial charge in [-0.1, -0.05) is 65.2 Å². The molecule has 0 N–H and O–H groups in total. The zero-order valence-corrected chi connectivity index (χ0v) is 34.1. The van der Waals surface area contributed by atoms with Gasteiger partial charge in [0.05, 0.1) is 27.4 Å². The van der Waals surface area contributed by atoms with E-state index in [9.17, 15) is 29.8 Å². The van der Waals surface area contributed by atoms with Crippen molar-refractivity contribution in [1.82, 2.24) is 0 Å². The second-order valence-electron chi connectivity index (χ2n) is 16.3. The molecule has 0 heterocycles. The Balaban J connectivity index is 1.36. The molecule has 3 saturated carbocycles. The van der Waals surface area contributed by atoms with Crippen LogP contribution in [0.1, 0.15) is 149 Å². The van der Waals surface area contributed by atoms with E-state index in [0.29, 0.717) is 34.6 Å². The number of nitrogens with zero attached hydrogens (tertiary/aromatic N) is 2. The van der Waals surface area contributed by atoms with E-state index in [-0.39, 0.29) is 39.3 Å². The van der Waals surface area contributed by atoms with Crippen LogP contribution in [0, 0.1) is 58.8 Å². The lowest BCUT2D eigenvalue weighted by atomic mass is 9.52. The first-order valence-electron chi connectivity index (χ1n) is 20.5. The standard InChI is InChI=1S/C45H58N2O9/c1-7-9-11-12-13-15-27-54-35-18-16-34(17-19-35)42(48)55-36-28-30(3)38(32(5)40(36)46(50)51)39-31(4)29-37(41(33(39)6)47(52)53)56-43(49)45-24-21-44(22-25-45,23-26-45)20-14-10-8-2/h16-19,28-29H,7-15,20-27H2,1-6H3. The molecule has 0 spiro atoms. The quantitative estimate of drug-likeness (QED) is 0.0382. The second kappa shape index (κ2) is 18.4. The topological polar surface area (TPSA) is 148 Å². The normalized spacial score (nSPS) is 18.8. The molecule has 0 atom stereocenters. The molecule has 0 unspecified atom stereocenters. The summed E-state index contributed by atoms with van der Waals surface area (Å²) < 4.78 is 17.4. The van der Waals surface area contributed by atoms with Gasteiger partial charge in [-0.15, -0.1) is 0 Å². The first kappa shape index (κ1) is 42.3. The van der Waals surface area contributed by atoms with Gasteiger partial charge in [0.25, 0.3) is 0 Å². The van der Waals surface area contributed by atoms with Crippen LogP contribution in [0.15, 0.2) is 36.4 Å². The van der Waals surface area contributed by atoms with Gasteiger partial charge in [0.1, 0.15) is 5.75 Å². The minimum absolute atomic E-state index is 0.118. The van der Waals surface area contributed by atoms with Crippen molar-refractivity contribution < 1.29 is 33.6 Å². The Bertz CT molecular complexity index is 1910. The molecule has 0 amide bonds. The van der Waals surface area contributed by atoms with E-state index in [4.69, 9.17) is 14.2 Å². The largest absolute Gasteiger partial charge is 0.494 e. The number of fused-ring (bicyclic) bond motifs is 3. The minimum atomic E-state index is -0.770. The first-order valence-corrected chi connectivity index (χ1v) is 20.5. The van der Waals surface area contributed by atoms with E-state index < -0.39 is 32.9 Å². The molecule has 302 valence electrons. The lowest BCUT2D eigenvalue weighted by molar-refractivity contribution is -0.386. The van der Waals surface area contributed by atoms with Crippen LogP contribution in [-0.2, 0) is 4.79 Å². The summed E-state index contributed by atoms with van der Waals surface area (Å²) >= 11 is 0. The highest BCUT2D eigenvalue weighted by Gasteiger charge is 2.53. The van der Waals surface area contributed by atoms with Gasteiger partial charge in [0.15, 0.2) is 0 Å². The van der Waals surface area contributed by atoms with Gasteiger partial charge in [-0.3, -0.25) is 25.0 Å². The van der Waals surface area contributed by atoms with Crippen LogP contribution in [0.5, 0.6) is 17.2 Å². The molecule has 6 rings (SSSR count). The van der Waals surface area contributed by atoms with Gasteiger partial charge in [0, 0.05) is 11.1 Å². The van der Waals surface area contributed by atoms with E-state index in [1.165, 1.54) is 63.5 Å². The van der Waals surface area contributed by atoms with Crippen LogP contribution in [-0.4, -0.2) is 28.4 Å². The van der Waals surface area contributed by atoms with Gasteiger partial charge >= 0.3 is 23.3 Å². The number of hydrogen-bond donors (Lipinski definition) is 0. The van der Waals surface area contributed by atoms with Crippen molar-refractivity contribution in [2.24, 2.45) is 10.8 Å². The monoisotopic (exact) mass is 770 g/mol. The molecular formula is C45H58N2O9. The Morgan fingerprint density at radius 2 is 1.14 bits per heavy atom. The average molecular weight is 771 g/mol. The third kappa shape index (κ3) is 9.24. The molecule has 3 aromatic rings. The fraction of sp³-hybridized carbons (Fsp3) is 0.556. The summed E-state index contributed by atoms with van der Waals surface area (Å²) in [6, 6.07) is 9.37. The Hall–Kier alpha value is -4.80. The predicted molar refractivity (Wildman–Crippen MR) is 217 cm³/mol. The average Bonchev–Trinajstić information content (AvgIpc) is 3.16. The van der Waals surface area contributed by atoms with Gasteiger partial charge in [0.2, 0.25) is 11.5 Å². The lowest BCUT2D eigenvalue weighted by Gasteiger charge is -2.52. The number of benzene rings is 3. The molecule has 2 bridgehead atoms. The Morgan fingerprint density at radius 3 is 1.66 bits per heavy atom. The molecular weight excluding hydrogens is 713 g/mol. The summed E-state index contributed by atoms with van der Waals surface area (Å²) in [7, 11) is 0. The number of nitro benzene ring substituents is 2. The summed E-state index contributed by atoms with van der Waals surface area (Å²) in [5.41, 5.74) is 1.39. The van der Waals surface area contributed by atoms with Crippen molar-refractivity contribution in [1.29, 1.82) is 0 Å². The molecule has 0 aliphatic heterocycles. The SMILES string of the molecule is CCCCCCCCOc1ccc(C(=O)Oc2cc(C)c(-c3c(C)cc(OC(=O)C45CCC(CCCCC)(CC4)CC5)c([N+](=O)[O-])c3C)c(C)c2[N+](=O)[O-])cc1. The zero-order valence-electron chi connectivity index (χ0n) is 34.1. The number of ether oxygens (including phenoxy) is 3. The van der Waals surface area contributed by atoms with E-state index in [1.807, 2.05) is 0 Å². The molecule has 11 nitrogen and oxygen atoms in total. The summed E-state index contributed by atoms with van der Waals surface area (Å²) in [6.07, 6.45) is 16.7. The van der Waals surface area contributed by atoms with Gasteiger partial charge < -0.3 is 14.2 Å². The maximum absolute atomic E-state index is 13.9. The summed E-state index contributed by atoms with van der Waals surface area (Å²) in [5, 5.41) is 25.2. The van der Waals surface area contributed by atoms with E-state index in [2.05, 4.69) is 13.8 Å². The number of esters is 2. The maximum Gasteiger partial charge on any atom is 0.343 e. The highest BCUT2D eigenvalue weighted by Crippen LogP contribution is 2.59. The maximum atomic E-state index is 13.9. The lowest BCUT2D eigenvalue weighted by Crippen LogP contribution is -2.47. The van der Waals surface area contributed by atoms with Crippen LogP contribution in [0.3, 0.4) is 0 Å². The summed E-state index contributed by atoms with van der Waals surface area (Å²) in [5.74, 6) is -0.921. The third-order valence-electron chi connectivity index (χ3n) is 12.4. The van der Waals surface area contributed by atoms with E-state index >= 15 is 0 Å². The van der Waals surface area contributed by atoms with Crippen molar-refractivity contribution in [2.75, 3.05) is 6.61 Å². The van der Waals surface area contributed by atoms with Gasteiger partial charge in [-0.25, -0.2) is 4.79 Å². The molecule has 11 heteroatoms. The Morgan fingerprint density at radius 1 is 0.661 bits per heavy atom. The Labute approximate surface area is 330 Å². The number of unbranched alkanes of at least 4 members (excludes halogenated alkanes) is 7. The van der Waals surface area contributed by atoms with Gasteiger partial charge in [-0.05, 0) is 143 Å². The molecule has 0 radical (unpaired) electrons. The smallest absolute Gasteiger partial charge is 0.343 e. The third-order valence-corrected chi connectivity index (χ3v) is 12.4. The molecule has 3 aliphatic rings. The van der Waals surface area contributed by atoms with Crippen LogP contribution in [0.4, 0.5) is 11.4 Å². The number of rotatable bonds is 19. The van der Waals surface area contributed by atoms with Crippen LogP contribution in [0.25, 0.3) is 11.1 Å². The molecule has 3 fully saturated rings. The number of carbonyl (C=O) groups excluding carboxylic acids is 2. The zero-order chi connectivity index (χ0) is 40.6. The van der Waals surface area contributed by atoms with Crippen LogP contribution in [0.2, 0.25) is 0 Å². The molecule has 0 saturated heterocycles. The number of aryl methyl sites for hydroxylation is 2. The summed E-state index contributed by atoms with van der Waals surface area (Å²) in [4.78, 5) is 51.1. The number of carbonyl (C=O) groups is 2. The van der Waals surface area contributed by atoms with Crippen molar-refractivity contribution in [3.8, 4) is 28.4 Å². The molecule has 3 aromatic carbocycles. The highest BCUT2D eigenvalue weighted by molar-refractivity contribution is 5.93. The van der Waals surface area contributed by atoms with Crippen molar-refractivity contribution in [2.45, 2.75) is 144 Å². The fourth-order valence-corrected chi connectivity index (χ4v) is 9.07. The van der Waals surface area contributed by atoms with E-state index in [1.54, 1.807) is 52.0 Å². The molecule has 0 aromatic heterocycles. The minimum Gasteiger partial charge on any atom is -0.494 e. The predicted octanol–water partition coefficient (Wildman–Crippen LogP) is 12.2. The van der Waals surface area contributed by atoms with Crippen molar-refractivity contribution in [3.05, 3.63) is 84.4 Å². The fourth-order valence-electron chi connectivity index (χ4n) is 9.07. The van der Waals surface area contributed by atoms with Gasteiger partial charge in [-0.2, -0.15) is 0 Å². The van der Waals surface area contributed by atoms with E-state index in [0.717, 1.165) is 51.4 Å². The highest BCUT2D eigenvalue weighted by atomic mass is 16.6. The molecule has 56 heavy (non-hydrogen) atoms. The second-order valence-corrected chi connectivity index (χ2v) is 16.3. The number of hydrogen-bond acceptors (Lipinski definition) is 9. The molecule has 3 aliphatic carbocycles. The van der Waals surface area contributed by atoms with Crippen molar-refractivity contribution >= 4 is 23.3 Å². The van der Waals surface area contributed by atoms with Crippen molar-refractivity contribution in [3.63, 3.8) is 0 Å². The van der Waals surface area contributed by atoms with Crippen LogP contribution >= 0.6 is 0 Å². The van der Waals surface area contributed by atoms with Crippen LogP contribution < -0.4 is 14.2 Å². The summed E-state index contributed by atoms with van der Waals surface area (Å²) in [6.45, 7) is 11.5. The first-order chi connectivity index (χ1) is 26.8. The Kier molecular flexibility index (Phi) is 13.9. The number of nitro groups is 2.